The topological polar surface area (TPSA) is 65.5 Å². The number of pyridine rings is 1. The van der Waals surface area contributed by atoms with Crippen LogP contribution in [0.4, 0.5) is 0 Å². The van der Waals surface area contributed by atoms with Crippen molar-refractivity contribution in [2.24, 2.45) is 0 Å². The van der Waals surface area contributed by atoms with E-state index in [2.05, 4.69) is 27.3 Å². The SMILES string of the molecule is O=C(NCc1ccccc1CN1CCC(O)CC1)c1ccncc1. The van der Waals surface area contributed by atoms with E-state index < -0.39 is 0 Å². The van der Waals surface area contributed by atoms with Crippen molar-refractivity contribution in [3.63, 3.8) is 0 Å². The van der Waals surface area contributed by atoms with Crippen molar-refractivity contribution in [3.05, 3.63) is 65.5 Å². The molecule has 3 rings (SSSR count). The second-order valence-electron chi connectivity index (χ2n) is 6.19. The molecule has 1 aliphatic rings. The molecule has 1 aromatic heterocycles. The molecule has 5 heteroatoms. The first kappa shape index (κ1) is 16.6. The molecule has 1 fully saturated rings. The maximum atomic E-state index is 12.2. The summed E-state index contributed by atoms with van der Waals surface area (Å²) in [5, 5.41) is 12.6. The number of carbonyl (C=O) groups is 1. The Morgan fingerprint density at radius 2 is 1.79 bits per heavy atom. The molecule has 0 saturated carbocycles. The van der Waals surface area contributed by atoms with Crippen LogP contribution in [0.15, 0.2) is 48.8 Å². The fourth-order valence-corrected chi connectivity index (χ4v) is 2.98. The zero-order valence-electron chi connectivity index (χ0n) is 13.7. The zero-order valence-corrected chi connectivity index (χ0v) is 13.7. The monoisotopic (exact) mass is 325 g/mol. The third-order valence-electron chi connectivity index (χ3n) is 4.45. The highest BCUT2D eigenvalue weighted by Crippen LogP contribution is 2.16. The van der Waals surface area contributed by atoms with Gasteiger partial charge in [0.05, 0.1) is 6.10 Å². The number of benzene rings is 1. The van der Waals surface area contributed by atoms with Crippen LogP contribution >= 0.6 is 0 Å². The molecular weight excluding hydrogens is 302 g/mol. The maximum absolute atomic E-state index is 12.2. The van der Waals surface area contributed by atoms with Crippen LogP contribution in [0.1, 0.15) is 34.3 Å². The summed E-state index contributed by atoms with van der Waals surface area (Å²) in [6.07, 6.45) is 4.75. The van der Waals surface area contributed by atoms with E-state index in [1.54, 1.807) is 24.5 Å². The minimum absolute atomic E-state index is 0.0895. The Balaban J connectivity index is 1.61. The number of rotatable bonds is 5. The standard InChI is InChI=1S/C19H23N3O2/c23-18-7-11-22(12-8-18)14-17-4-2-1-3-16(17)13-21-19(24)15-5-9-20-10-6-15/h1-6,9-10,18,23H,7-8,11-14H2,(H,21,24). The molecule has 2 aromatic rings. The summed E-state index contributed by atoms with van der Waals surface area (Å²) in [6, 6.07) is 11.6. The number of hydrogen-bond acceptors (Lipinski definition) is 4. The quantitative estimate of drug-likeness (QED) is 0.882. The van der Waals surface area contributed by atoms with Crippen LogP contribution in [-0.2, 0) is 13.1 Å². The smallest absolute Gasteiger partial charge is 0.251 e. The highest BCUT2D eigenvalue weighted by molar-refractivity contribution is 5.93. The third kappa shape index (κ3) is 4.40. The minimum atomic E-state index is -0.156. The van der Waals surface area contributed by atoms with E-state index in [0.29, 0.717) is 12.1 Å². The molecule has 0 aliphatic carbocycles. The van der Waals surface area contributed by atoms with E-state index in [1.807, 2.05) is 12.1 Å². The van der Waals surface area contributed by atoms with E-state index in [1.165, 1.54) is 5.56 Å². The number of nitrogens with zero attached hydrogens (tertiary/aromatic N) is 2. The molecule has 24 heavy (non-hydrogen) atoms. The lowest BCUT2D eigenvalue weighted by Gasteiger charge is -2.30. The fourth-order valence-electron chi connectivity index (χ4n) is 2.98. The van der Waals surface area contributed by atoms with Crippen LogP contribution in [0.5, 0.6) is 0 Å². The van der Waals surface area contributed by atoms with Gasteiger partial charge < -0.3 is 10.4 Å². The van der Waals surface area contributed by atoms with Crippen LogP contribution in [-0.4, -0.2) is 40.1 Å². The molecule has 0 unspecified atom stereocenters. The van der Waals surface area contributed by atoms with Gasteiger partial charge in [-0.3, -0.25) is 14.7 Å². The van der Waals surface area contributed by atoms with E-state index in [9.17, 15) is 9.90 Å². The van der Waals surface area contributed by atoms with Crippen molar-refractivity contribution in [2.45, 2.75) is 32.0 Å². The first-order valence-corrected chi connectivity index (χ1v) is 8.38. The highest BCUT2D eigenvalue weighted by Gasteiger charge is 2.17. The molecule has 5 nitrogen and oxygen atoms in total. The Morgan fingerprint density at radius 3 is 2.50 bits per heavy atom. The van der Waals surface area contributed by atoms with Crippen LogP contribution in [0.25, 0.3) is 0 Å². The van der Waals surface area contributed by atoms with Crippen LogP contribution < -0.4 is 5.32 Å². The summed E-state index contributed by atoms with van der Waals surface area (Å²) in [5.74, 6) is -0.0895. The van der Waals surface area contributed by atoms with Gasteiger partial charge in [-0.2, -0.15) is 0 Å². The Bertz CT molecular complexity index is 667. The van der Waals surface area contributed by atoms with Gasteiger partial charge in [0.25, 0.3) is 5.91 Å². The summed E-state index contributed by atoms with van der Waals surface area (Å²) in [5.41, 5.74) is 2.97. The normalized spacial score (nSPS) is 16.0. The summed E-state index contributed by atoms with van der Waals surface area (Å²) < 4.78 is 0. The second-order valence-corrected chi connectivity index (χ2v) is 6.19. The molecule has 126 valence electrons. The number of likely N-dealkylation sites (tertiary alicyclic amines) is 1. The highest BCUT2D eigenvalue weighted by atomic mass is 16.3. The Labute approximate surface area is 142 Å². The first-order chi connectivity index (χ1) is 11.7. The fraction of sp³-hybridized carbons (Fsp3) is 0.368. The summed E-state index contributed by atoms with van der Waals surface area (Å²) in [6.45, 7) is 3.19. The molecule has 0 bridgehead atoms. The van der Waals surface area contributed by atoms with E-state index in [-0.39, 0.29) is 12.0 Å². The van der Waals surface area contributed by atoms with Crippen LogP contribution in [0.3, 0.4) is 0 Å². The van der Waals surface area contributed by atoms with Gasteiger partial charge >= 0.3 is 0 Å². The number of carbonyl (C=O) groups excluding carboxylic acids is 1. The van der Waals surface area contributed by atoms with Crippen molar-refractivity contribution < 1.29 is 9.90 Å². The Hall–Kier alpha value is -2.24. The van der Waals surface area contributed by atoms with Crippen molar-refractivity contribution in [3.8, 4) is 0 Å². The first-order valence-electron chi connectivity index (χ1n) is 8.38. The van der Waals surface area contributed by atoms with Gasteiger partial charge in [0.2, 0.25) is 0 Å². The molecule has 0 spiro atoms. The van der Waals surface area contributed by atoms with E-state index in [4.69, 9.17) is 0 Å². The number of aliphatic hydroxyl groups excluding tert-OH is 1. The van der Waals surface area contributed by atoms with Gasteiger partial charge in [0, 0.05) is 44.1 Å². The molecule has 1 aliphatic heterocycles. The zero-order chi connectivity index (χ0) is 16.8. The minimum Gasteiger partial charge on any atom is -0.393 e. The average Bonchev–Trinajstić information content (AvgIpc) is 2.63. The van der Waals surface area contributed by atoms with Gasteiger partial charge in [0.1, 0.15) is 0 Å². The predicted molar refractivity (Wildman–Crippen MR) is 92.4 cm³/mol. The molecule has 1 aromatic carbocycles. The summed E-state index contributed by atoms with van der Waals surface area (Å²) >= 11 is 0. The lowest BCUT2D eigenvalue weighted by molar-refractivity contribution is 0.0790. The summed E-state index contributed by atoms with van der Waals surface area (Å²) in [7, 11) is 0. The summed E-state index contributed by atoms with van der Waals surface area (Å²) in [4.78, 5) is 18.5. The molecule has 1 saturated heterocycles. The molecule has 0 radical (unpaired) electrons. The van der Waals surface area contributed by atoms with Gasteiger partial charge in [0.15, 0.2) is 0 Å². The van der Waals surface area contributed by atoms with Crippen molar-refractivity contribution in [1.82, 2.24) is 15.2 Å². The predicted octanol–water partition coefficient (Wildman–Crippen LogP) is 1.97. The molecule has 2 N–H and O–H groups in total. The lowest BCUT2D eigenvalue weighted by atomic mass is 10.0. The number of hydrogen-bond donors (Lipinski definition) is 2. The van der Waals surface area contributed by atoms with Crippen molar-refractivity contribution in [2.75, 3.05) is 13.1 Å². The largest absolute Gasteiger partial charge is 0.393 e. The van der Waals surface area contributed by atoms with E-state index >= 15 is 0 Å². The maximum Gasteiger partial charge on any atom is 0.251 e. The number of amides is 1. The Morgan fingerprint density at radius 1 is 1.12 bits per heavy atom. The molecular formula is C19H23N3O2. The van der Waals surface area contributed by atoms with E-state index in [0.717, 1.165) is 38.0 Å². The number of aliphatic hydroxyl groups is 1. The molecule has 1 amide bonds. The van der Waals surface area contributed by atoms with Crippen LogP contribution in [0, 0.1) is 0 Å². The number of aromatic nitrogens is 1. The van der Waals surface area contributed by atoms with Gasteiger partial charge in [-0.05, 0) is 36.1 Å². The average molecular weight is 325 g/mol. The molecule has 2 heterocycles. The van der Waals surface area contributed by atoms with Crippen LogP contribution in [0.2, 0.25) is 0 Å². The van der Waals surface area contributed by atoms with Gasteiger partial charge in [-0.1, -0.05) is 24.3 Å². The number of nitrogens with one attached hydrogen (secondary N) is 1. The van der Waals surface area contributed by atoms with Gasteiger partial charge in [-0.15, -0.1) is 0 Å². The Kier molecular flexibility index (Phi) is 5.56. The van der Waals surface area contributed by atoms with Crippen molar-refractivity contribution >= 4 is 5.91 Å². The lowest BCUT2D eigenvalue weighted by Crippen LogP contribution is -2.35. The third-order valence-corrected chi connectivity index (χ3v) is 4.45. The van der Waals surface area contributed by atoms with Crippen molar-refractivity contribution in [1.29, 1.82) is 0 Å². The number of piperidine rings is 1. The second kappa shape index (κ2) is 8.04. The van der Waals surface area contributed by atoms with Gasteiger partial charge in [-0.25, -0.2) is 0 Å². The molecule has 0 atom stereocenters.